The summed E-state index contributed by atoms with van der Waals surface area (Å²) in [6.45, 7) is 0.0254. The number of amides is 2. The summed E-state index contributed by atoms with van der Waals surface area (Å²) in [5.41, 5.74) is -0.695. The van der Waals surface area contributed by atoms with E-state index >= 15 is 0 Å². The molecule has 0 saturated carbocycles. The second-order valence-corrected chi connectivity index (χ2v) is 6.57. The number of aryl methyl sites for hydroxylation is 1. The van der Waals surface area contributed by atoms with Crippen LogP contribution in [0.1, 0.15) is 12.0 Å². The van der Waals surface area contributed by atoms with Crippen LogP contribution in [0.5, 0.6) is 0 Å². The summed E-state index contributed by atoms with van der Waals surface area (Å²) in [5, 5.41) is 1.78. The molecule has 132 valence electrons. The zero-order chi connectivity index (χ0) is 18.2. The molecule has 9 heteroatoms. The number of aromatic nitrogens is 1. The quantitative estimate of drug-likeness (QED) is 0.817. The maximum atomic E-state index is 12.8. The molecule has 0 aliphatic carbocycles. The second kappa shape index (κ2) is 6.47. The van der Waals surface area contributed by atoms with E-state index in [-0.39, 0.29) is 24.6 Å². The van der Waals surface area contributed by atoms with Crippen molar-refractivity contribution in [1.82, 2.24) is 4.57 Å². The summed E-state index contributed by atoms with van der Waals surface area (Å²) < 4.78 is 40.2. The van der Waals surface area contributed by atoms with Crippen LogP contribution < -0.4 is 9.70 Å². The Labute approximate surface area is 145 Å². The van der Waals surface area contributed by atoms with Crippen LogP contribution in [0.2, 0.25) is 0 Å². The Kier molecular flexibility index (Phi) is 4.51. The van der Waals surface area contributed by atoms with Crippen molar-refractivity contribution in [2.75, 3.05) is 11.4 Å². The summed E-state index contributed by atoms with van der Waals surface area (Å²) in [6.07, 6.45) is -2.80. The lowest BCUT2D eigenvalue weighted by Gasteiger charge is -2.18. The van der Waals surface area contributed by atoms with E-state index in [4.69, 9.17) is 0 Å². The number of hydrogen-bond acceptors (Lipinski definition) is 3. The molecule has 5 nitrogen and oxygen atoms in total. The van der Waals surface area contributed by atoms with E-state index < -0.39 is 23.6 Å². The molecule has 0 spiro atoms. The number of halogens is 3. The molecule has 1 fully saturated rings. The van der Waals surface area contributed by atoms with Crippen molar-refractivity contribution in [3.8, 4) is 0 Å². The zero-order valence-corrected chi connectivity index (χ0v) is 14.0. The van der Waals surface area contributed by atoms with Crippen molar-refractivity contribution in [2.45, 2.75) is 12.6 Å². The molecule has 1 aromatic carbocycles. The van der Waals surface area contributed by atoms with Crippen molar-refractivity contribution in [3.63, 3.8) is 0 Å². The Balaban J connectivity index is 1.82. The summed E-state index contributed by atoms with van der Waals surface area (Å²) >= 11 is 1.29. The largest absolute Gasteiger partial charge is 0.416 e. The third kappa shape index (κ3) is 3.65. The smallest absolute Gasteiger partial charge is 0.327 e. The summed E-state index contributed by atoms with van der Waals surface area (Å²) in [7, 11) is 1.75. The number of carbonyl (C=O) groups excluding carboxylic acids is 2. The SMILES string of the molecule is Cn1ccsc1=NC(=O)[C@H]1CC(=O)N(c2cccc(C(F)(F)F)c2)C1. The van der Waals surface area contributed by atoms with Gasteiger partial charge in [-0.1, -0.05) is 6.07 Å². The van der Waals surface area contributed by atoms with Gasteiger partial charge in [-0.2, -0.15) is 18.2 Å². The first-order valence-electron chi connectivity index (χ1n) is 7.42. The highest BCUT2D eigenvalue weighted by atomic mass is 32.1. The summed E-state index contributed by atoms with van der Waals surface area (Å²) in [5.74, 6) is -1.49. The van der Waals surface area contributed by atoms with Crippen LogP contribution in [0.4, 0.5) is 18.9 Å². The summed E-state index contributed by atoms with van der Waals surface area (Å²) in [4.78, 5) is 30.2. The molecule has 0 unspecified atom stereocenters. The lowest BCUT2D eigenvalue weighted by Crippen LogP contribution is -2.26. The first-order chi connectivity index (χ1) is 11.8. The molecule has 0 radical (unpaired) electrons. The van der Waals surface area contributed by atoms with E-state index in [1.165, 1.54) is 28.4 Å². The van der Waals surface area contributed by atoms with E-state index in [2.05, 4.69) is 4.99 Å². The molecule has 2 aromatic rings. The molecule has 2 amide bonds. The predicted molar refractivity (Wildman–Crippen MR) is 85.8 cm³/mol. The van der Waals surface area contributed by atoms with Gasteiger partial charge in [-0.3, -0.25) is 9.59 Å². The van der Waals surface area contributed by atoms with Gasteiger partial charge < -0.3 is 9.47 Å². The van der Waals surface area contributed by atoms with Crippen molar-refractivity contribution < 1.29 is 22.8 Å². The maximum absolute atomic E-state index is 12.8. The second-order valence-electron chi connectivity index (χ2n) is 5.70. The van der Waals surface area contributed by atoms with Gasteiger partial charge in [0.15, 0.2) is 4.80 Å². The van der Waals surface area contributed by atoms with Gasteiger partial charge in [-0.25, -0.2) is 0 Å². The van der Waals surface area contributed by atoms with Crippen LogP contribution >= 0.6 is 11.3 Å². The normalized spacial score (nSPS) is 18.9. The molecule has 0 N–H and O–H groups in total. The Bertz CT molecular complexity index is 885. The van der Waals surface area contributed by atoms with Crippen LogP contribution in [0.15, 0.2) is 40.8 Å². The number of benzene rings is 1. The van der Waals surface area contributed by atoms with E-state index in [9.17, 15) is 22.8 Å². The van der Waals surface area contributed by atoms with Crippen molar-refractivity contribution in [3.05, 3.63) is 46.2 Å². The molecule has 0 bridgehead atoms. The number of hydrogen-bond donors (Lipinski definition) is 0. The molecule has 1 atom stereocenters. The third-order valence-corrected chi connectivity index (χ3v) is 4.77. The maximum Gasteiger partial charge on any atom is 0.416 e. The molecule has 2 heterocycles. The number of carbonyl (C=O) groups is 2. The highest BCUT2D eigenvalue weighted by Gasteiger charge is 2.36. The van der Waals surface area contributed by atoms with Crippen molar-refractivity contribution in [2.24, 2.45) is 18.0 Å². The molecular formula is C16H14F3N3O2S. The first kappa shape index (κ1) is 17.4. The van der Waals surface area contributed by atoms with E-state index in [1.807, 2.05) is 0 Å². The zero-order valence-electron chi connectivity index (χ0n) is 13.2. The van der Waals surface area contributed by atoms with Gasteiger partial charge in [-0.05, 0) is 18.2 Å². The fourth-order valence-corrected chi connectivity index (χ4v) is 3.33. The monoisotopic (exact) mass is 369 g/mol. The Hall–Kier alpha value is -2.42. The summed E-state index contributed by atoms with van der Waals surface area (Å²) in [6, 6.07) is 4.53. The van der Waals surface area contributed by atoms with Crippen molar-refractivity contribution >= 4 is 28.8 Å². The van der Waals surface area contributed by atoms with Crippen molar-refractivity contribution in [1.29, 1.82) is 0 Å². The minimum atomic E-state index is -4.49. The van der Waals surface area contributed by atoms with E-state index in [0.717, 1.165) is 12.1 Å². The average molecular weight is 369 g/mol. The minimum absolute atomic E-state index is 0.0254. The fraction of sp³-hybridized carbons (Fsp3) is 0.312. The van der Waals surface area contributed by atoms with Crippen LogP contribution in [0.3, 0.4) is 0 Å². The van der Waals surface area contributed by atoms with Gasteiger partial charge in [-0.15, -0.1) is 11.3 Å². The molecular weight excluding hydrogens is 355 g/mol. The lowest BCUT2D eigenvalue weighted by molar-refractivity contribution is -0.137. The first-order valence-corrected chi connectivity index (χ1v) is 8.30. The number of rotatable bonds is 2. The topological polar surface area (TPSA) is 54.7 Å². The highest BCUT2D eigenvalue weighted by molar-refractivity contribution is 7.07. The highest BCUT2D eigenvalue weighted by Crippen LogP contribution is 2.33. The van der Waals surface area contributed by atoms with Gasteiger partial charge in [0.1, 0.15) is 0 Å². The van der Waals surface area contributed by atoms with Crippen LogP contribution in [0.25, 0.3) is 0 Å². The van der Waals surface area contributed by atoms with Gasteiger partial charge >= 0.3 is 6.18 Å². The molecule has 1 saturated heterocycles. The number of thiazole rings is 1. The van der Waals surface area contributed by atoms with Crippen LogP contribution in [0, 0.1) is 5.92 Å². The minimum Gasteiger partial charge on any atom is -0.327 e. The predicted octanol–water partition coefficient (Wildman–Crippen LogP) is 2.59. The van der Waals surface area contributed by atoms with E-state index in [1.54, 1.807) is 23.2 Å². The van der Waals surface area contributed by atoms with Crippen LogP contribution in [-0.2, 0) is 22.8 Å². The Morgan fingerprint density at radius 1 is 1.36 bits per heavy atom. The van der Waals surface area contributed by atoms with Gasteiger partial charge in [0, 0.05) is 37.3 Å². The average Bonchev–Trinajstić information content (AvgIpc) is 3.13. The Morgan fingerprint density at radius 2 is 2.12 bits per heavy atom. The molecule has 1 aromatic heterocycles. The number of anilines is 1. The van der Waals surface area contributed by atoms with Gasteiger partial charge in [0.05, 0.1) is 11.5 Å². The fourth-order valence-electron chi connectivity index (χ4n) is 2.59. The Morgan fingerprint density at radius 3 is 2.76 bits per heavy atom. The van der Waals surface area contributed by atoms with Gasteiger partial charge in [0.25, 0.3) is 5.91 Å². The molecule has 1 aliphatic heterocycles. The van der Waals surface area contributed by atoms with E-state index in [0.29, 0.717) is 4.80 Å². The number of alkyl halides is 3. The molecule has 1 aliphatic rings. The van der Waals surface area contributed by atoms with Crippen LogP contribution in [-0.4, -0.2) is 22.9 Å². The number of nitrogens with zero attached hydrogens (tertiary/aromatic N) is 3. The molecule has 3 rings (SSSR count). The molecule has 25 heavy (non-hydrogen) atoms. The standard InChI is InChI=1S/C16H14F3N3O2S/c1-21-5-6-25-15(21)20-14(24)10-7-13(23)22(9-10)12-4-2-3-11(8-12)16(17,18)19/h2-6,8,10H,7,9H2,1H3/t10-/m0/s1. The lowest BCUT2D eigenvalue weighted by atomic mass is 10.1. The van der Waals surface area contributed by atoms with Gasteiger partial charge in [0.2, 0.25) is 5.91 Å². The third-order valence-electron chi connectivity index (χ3n) is 3.92.